The van der Waals surface area contributed by atoms with Crippen molar-refractivity contribution in [3.8, 4) is 10.4 Å². The summed E-state index contributed by atoms with van der Waals surface area (Å²) >= 11 is 1.69. The summed E-state index contributed by atoms with van der Waals surface area (Å²) in [6, 6.07) is 14.3. The molecule has 6 nitrogen and oxygen atoms in total. The molecule has 32 heavy (non-hydrogen) atoms. The van der Waals surface area contributed by atoms with Gasteiger partial charge in [-0.1, -0.05) is 24.6 Å². The molecule has 7 heteroatoms. The number of fused-ring (bicyclic) bond motifs is 1. The molecule has 1 saturated heterocycles. The van der Waals surface area contributed by atoms with Crippen molar-refractivity contribution in [2.45, 2.75) is 39.3 Å². The number of rotatable bonds is 6. The third-order valence-corrected chi connectivity index (χ3v) is 6.88. The van der Waals surface area contributed by atoms with E-state index < -0.39 is 0 Å². The molecule has 0 saturated carbocycles. The van der Waals surface area contributed by atoms with Crippen molar-refractivity contribution < 1.29 is 4.79 Å². The van der Waals surface area contributed by atoms with E-state index in [0.29, 0.717) is 0 Å². The van der Waals surface area contributed by atoms with Gasteiger partial charge in [-0.05, 0) is 68.1 Å². The van der Waals surface area contributed by atoms with Crippen LogP contribution in [0.2, 0.25) is 0 Å². The molecule has 4 aromatic rings. The van der Waals surface area contributed by atoms with Gasteiger partial charge in [-0.25, -0.2) is 9.67 Å². The molecule has 1 aliphatic heterocycles. The average molecular weight is 446 g/mol. The number of amides is 1. The van der Waals surface area contributed by atoms with Crippen LogP contribution in [-0.2, 0) is 17.9 Å². The van der Waals surface area contributed by atoms with Gasteiger partial charge in [0.25, 0.3) is 0 Å². The Balaban J connectivity index is 1.28. The lowest BCUT2D eigenvalue weighted by Gasteiger charge is -2.26. The van der Waals surface area contributed by atoms with Crippen molar-refractivity contribution >= 4 is 34.0 Å². The van der Waals surface area contributed by atoms with Crippen LogP contribution in [0.5, 0.6) is 0 Å². The van der Waals surface area contributed by atoms with Crippen molar-refractivity contribution in [2.24, 2.45) is 0 Å². The number of thiophene rings is 1. The topological polar surface area (TPSA) is 63.1 Å². The van der Waals surface area contributed by atoms with E-state index in [0.717, 1.165) is 34.5 Å². The zero-order valence-electron chi connectivity index (χ0n) is 18.3. The van der Waals surface area contributed by atoms with Crippen LogP contribution in [0.4, 0.5) is 5.69 Å². The fourth-order valence-electron chi connectivity index (χ4n) is 4.43. The fourth-order valence-corrected chi connectivity index (χ4v) is 5.19. The van der Waals surface area contributed by atoms with Gasteiger partial charge in [0.05, 0.1) is 11.1 Å². The summed E-state index contributed by atoms with van der Waals surface area (Å²) in [6.45, 7) is 5.43. The Kier molecular flexibility index (Phi) is 6.01. The Labute approximate surface area is 191 Å². The maximum Gasteiger partial charge on any atom is 0.246 e. The monoisotopic (exact) mass is 445 g/mol. The molecule has 0 radical (unpaired) electrons. The van der Waals surface area contributed by atoms with Crippen LogP contribution >= 0.6 is 11.3 Å². The summed E-state index contributed by atoms with van der Waals surface area (Å²) in [5, 5.41) is 10.7. The smallest absolute Gasteiger partial charge is 0.246 e. The Morgan fingerprint density at radius 1 is 1.09 bits per heavy atom. The third-order valence-electron chi connectivity index (χ3n) is 5.98. The number of hydrogen-bond donors (Lipinski definition) is 1. The number of nitrogens with one attached hydrogen (secondary N) is 1. The predicted octanol–water partition coefficient (Wildman–Crippen LogP) is 5.09. The van der Waals surface area contributed by atoms with E-state index in [4.69, 9.17) is 0 Å². The molecule has 3 aromatic heterocycles. The van der Waals surface area contributed by atoms with Gasteiger partial charge in [0.2, 0.25) is 5.91 Å². The van der Waals surface area contributed by atoms with Crippen molar-refractivity contribution in [2.75, 3.05) is 18.4 Å². The summed E-state index contributed by atoms with van der Waals surface area (Å²) in [5.74, 6) is -0.110. The first-order valence-electron chi connectivity index (χ1n) is 11.1. The summed E-state index contributed by atoms with van der Waals surface area (Å²) in [4.78, 5) is 20.9. The van der Waals surface area contributed by atoms with E-state index in [9.17, 15) is 4.79 Å². The molecule has 0 spiro atoms. The molecule has 164 valence electrons. The summed E-state index contributed by atoms with van der Waals surface area (Å²) in [5.41, 5.74) is 4.81. The summed E-state index contributed by atoms with van der Waals surface area (Å²) in [7, 11) is 0. The number of likely N-dealkylation sites (tertiary alicyclic amines) is 1. The fraction of sp³-hybridized carbons (Fsp3) is 0.320. The summed E-state index contributed by atoms with van der Waals surface area (Å²) < 4.78 is 1.70. The highest BCUT2D eigenvalue weighted by atomic mass is 32.1. The molecule has 0 bridgehead atoms. The van der Waals surface area contributed by atoms with Crippen LogP contribution in [-0.4, -0.2) is 38.7 Å². The lowest BCUT2D eigenvalue weighted by molar-refractivity contribution is -0.116. The molecular weight excluding hydrogens is 418 g/mol. The molecule has 5 rings (SSSR count). The lowest BCUT2D eigenvalue weighted by atomic mass is 10.1. The van der Waals surface area contributed by atoms with E-state index in [-0.39, 0.29) is 12.5 Å². The van der Waals surface area contributed by atoms with Gasteiger partial charge in [-0.2, -0.15) is 5.10 Å². The number of carbonyl (C=O) groups is 1. The molecule has 1 fully saturated rings. The number of carbonyl (C=O) groups excluding carboxylic acids is 1. The molecular formula is C25H27N5OS. The zero-order chi connectivity index (χ0) is 21.9. The van der Waals surface area contributed by atoms with Crippen LogP contribution in [0.15, 0.2) is 54.0 Å². The normalized spacial score (nSPS) is 14.7. The van der Waals surface area contributed by atoms with Crippen LogP contribution in [0, 0.1) is 6.92 Å². The minimum Gasteiger partial charge on any atom is -0.324 e. The second kappa shape index (κ2) is 9.22. The van der Waals surface area contributed by atoms with Gasteiger partial charge in [-0.15, -0.1) is 11.3 Å². The molecule has 0 atom stereocenters. The van der Waals surface area contributed by atoms with Crippen LogP contribution in [0.3, 0.4) is 0 Å². The molecule has 1 aromatic carbocycles. The maximum absolute atomic E-state index is 12.7. The van der Waals surface area contributed by atoms with E-state index >= 15 is 0 Å². The van der Waals surface area contributed by atoms with Gasteiger partial charge < -0.3 is 5.32 Å². The van der Waals surface area contributed by atoms with Crippen molar-refractivity contribution in [1.29, 1.82) is 0 Å². The van der Waals surface area contributed by atoms with E-state index in [2.05, 4.69) is 43.9 Å². The van der Waals surface area contributed by atoms with Gasteiger partial charge in [0, 0.05) is 28.9 Å². The van der Waals surface area contributed by atoms with Gasteiger partial charge >= 0.3 is 0 Å². The standard InChI is InChI=1S/C25H27N5OS/c1-18-24-21(22-6-5-15-32-22)11-12-26-25(24)30(28-18)17-23(31)27-20-9-7-19(8-10-20)16-29-13-3-2-4-14-29/h5-12,15H,2-4,13-14,16-17H2,1H3,(H,27,31). The Morgan fingerprint density at radius 2 is 1.91 bits per heavy atom. The zero-order valence-corrected chi connectivity index (χ0v) is 19.1. The molecule has 1 N–H and O–H groups in total. The molecule has 1 aliphatic rings. The number of piperidine rings is 1. The number of aryl methyl sites for hydroxylation is 1. The number of aromatic nitrogens is 3. The third kappa shape index (κ3) is 4.45. The van der Waals surface area contributed by atoms with Crippen LogP contribution < -0.4 is 5.32 Å². The minimum absolute atomic E-state index is 0.110. The Morgan fingerprint density at radius 3 is 2.66 bits per heavy atom. The number of hydrogen-bond acceptors (Lipinski definition) is 5. The predicted molar refractivity (Wildman–Crippen MR) is 130 cm³/mol. The number of pyridine rings is 1. The summed E-state index contributed by atoms with van der Waals surface area (Å²) in [6.07, 6.45) is 5.71. The molecule has 0 aliphatic carbocycles. The van der Waals surface area contributed by atoms with Gasteiger partial charge in [0.15, 0.2) is 5.65 Å². The number of anilines is 1. The first-order valence-corrected chi connectivity index (χ1v) is 12.0. The number of nitrogens with zero attached hydrogens (tertiary/aromatic N) is 4. The van der Waals surface area contributed by atoms with Crippen LogP contribution in [0.25, 0.3) is 21.5 Å². The quantitative estimate of drug-likeness (QED) is 0.449. The molecule has 4 heterocycles. The first-order chi connectivity index (χ1) is 15.7. The van der Waals surface area contributed by atoms with Crippen molar-refractivity contribution in [1.82, 2.24) is 19.7 Å². The highest BCUT2D eigenvalue weighted by Gasteiger charge is 2.16. The SMILES string of the molecule is Cc1nn(CC(=O)Nc2ccc(CN3CCCCC3)cc2)c2nccc(-c3cccs3)c12. The van der Waals surface area contributed by atoms with E-state index in [1.807, 2.05) is 31.2 Å². The number of benzene rings is 1. The molecule has 1 amide bonds. The van der Waals surface area contributed by atoms with E-state index in [1.54, 1.807) is 22.2 Å². The Bertz CT molecular complexity index is 1210. The first kappa shape index (κ1) is 20.8. The minimum atomic E-state index is -0.110. The van der Waals surface area contributed by atoms with E-state index in [1.165, 1.54) is 42.8 Å². The maximum atomic E-state index is 12.7. The lowest BCUT2D eigenvalue weighted by Crippen LogP contribution is -2.29. The second-order valence-corrected chi connectivity index (χ2v) is 9.31. The van der Waals surface area contributed by atoms with Crippen molar-refractivity contribution in [3.63, 3.8) is 0 Å². The Hall–Kier alpha value is -3.03. The second-order valence-electron chi connectivity index (χ2n) is 8.36. The van der Waals surface area contributed by atoms with Gasteiger partial charge in [0.1, 0.15) is 6.54 Å². The van der Waals surface area contributed by atoms with Gasteiger partial charge in [-0.3, -0.25) is 9.69 Å². The average Bonchev–Trinajstić information content (AvgIpc) is 3.45. The highest BCUT2D eigenvalue weighted by molar-refractivity contribution is 7.13. The highest BCUT2D eigenvalue weighted by Crippen LogP contribution is 2.32. The van der Waals surface area contributed by atoms with Crippen molar-refractivity contribution in [3.05, 3.63) is 65.3 Å². The molecule has 0 unspecified atom stereocenters. The largest absolute Gasteiger partial charge is 0.324 e. The van der Waals surface area contributed by atoms with Crippen LogP contribution in [0.1, 0.15) is 30.5 Å².